The molecular formula is C13H25NO3. The zero-order valence-electron chi connectivity index (χ0n) is 11.2. The van der Waals surface area contributed by atoms with Gasteiger partial charge in [0.15, 0.2) is 0 Å². The number of carbonyl (C=O) groups is 2. The average Bonchev–Trinajstić information content (AvgIpc) is 2.28. The summed E-state index contributed by atoms with van der Waals surface area (Å²) in [6, 6.07) is -0.733. The molecular weight excluding hydrogens is 218 g/mol. The maximum Gasteiger partial charge on any atom is 0.326 e. The van der Waals surface area contributed by atoms with Crippen molar-refractivity contribution in [3.63, 3.8) is 0 Å². The van der Waals surface area contributed by atoms with Gasteiger partial charge < -0.3 is 10.4 Å². The summed E-state index contributed by atoms with van der Waals surface area (Å²) in [5, 5.41) is 11.6. The second-order valence-electron chi connectivity index (χ2n) is 4.46. The third-order valence-electron chi connectivity index (χ3n) is 2.84. The summed E-state index contributed by atoms with van der Waals surface area (Å²) in [6.45, 7) is 5.99. The van der Waals surface area contributed by atoms with Crippen LogP contribution in [0.25, 0.3) is 0 Å². The quantitative estimate of drug-likeness (QED) is 0.654. The zero-order valence-corrected chi connectivity index (χ0v) is 11.2. The average molecular weight is 243 g/mol. The molecule has 0 aliphatic rings. The first-order valence-corrected chi connectivity index (χ1v) is 6.59. The maximum absolute atomic E-state index is 11.9. The van der Waals surface area contributed by atoms with Crippen LogP contribution in [0.5, 0.6) is 0 Å². The molecule has 0 aliphatic heterocycles. The molecule has 0 radical (unpaired) electrons. The molecule has 0 rings (SSSR count). The highest BCUT2D eigenvalue weighted by Gasteiger charge is 2.23. The van der Waals surface area contributed by atoms with Crippen LogP contribution in [0.3, 0.4) is 0 Å². The molecule has 100 valence electrons. The highest BCUT2D eigenvalue weighted by atomic mass is 16.4. The number of carbonyl (C=O) groups excluding carboxylic acids is 1. The molecule has 0 saturated heterocycles. The van der Waals surface area contributed by atoms with Gasteiger partial charge in [0.25, 0.3) is 0 Å². The Balaban J connectivity index is 4.38. The number of amides is 1. The molecule has 0 unspecified atom stereocenters. The van der Waals surface area contributed by atoms with Gasteiger partial charge in [-0.2, -0.15) is 0 Å². The zero-order chi connectivity index (χ0) is 13.3. The highest BCUT2D eigenvalue weighted by molar-refractivity contribution is 5.84. The Bertz CT molecular complexity index is 235. The topological polar surface area (TPSA) is 66.4 Å². The van der Waals surface area contributed by atoms with Crippen molar-refractivity contribution in [3.8, 4) is 0 Å². The van der Waals surface area contributed by atoms with Gasteiger partial charge in [0.2, 0.25) is 5.91 Å². The summed E-state index contributed by atoms with van der Waals surface area (Å²) in [6.07, 6.45) is 4.80. The van der Waals surface area contributed by atoms with Crippen molar-refractivity contribution in [2.75, 3.05) is 0 Å². The van der Waals surface area contributed by atoms with E-state index < -0.39 is 12.0 Å². The van der Waals surface area contributed by atoms with E-state index in [0.717, 1.165) is 32.1 Å². The summed E-state index contributed by atoms with van der Waals surface area (Å²) >= 11 is 0. The molecule has 17 heavy (non-hydrogen) atoms. The fraction of sp³-hybridized carbons (Fsp3) is 0.846. The molecule has 0 aromatic carbocycles. The van der Waals surface area contributed by atoms with E-state index in [9.17, 15) is 9.59 Å². The maximum atomic E-state index is 11.9. The van der Waals surface area contributed by atoms with E-state index in [1.165, 1.54) is 0 Å². The number of carboxylic acid groups (broad SMARTS) is 1. The largest absolute Gasteiger partial charge is 0.480 e. The van der Waals surface area contributed by atoms with E-state index >= 15 is 0 Å². The van der Waals surface area contributed by atoms with Crippen molar-refractivity contribution in [1.29, 1.82) is 0 Å². The minimum atomic E-state index is -0.938. The molecule has 0 spiro atoms. The van der Waals surface area contributed by atoms with E-state index in [-0.39, 0.29) is 11.8 Å². The molecule has 0 heterocycles. The first kappa shape index (κ1) is 15.9. The SMILES string of the molecule is CCCC(CCC)C(=O)N[C@H](CCC)C(=O)O. The van der Waals surface area contributed by atoms with Crippen LogP contribution in [-0.4, -0.2) is 23.0 Å². The van der Waals surface area contributed by atoms with Crippen LogP contribution in [-0.2, 0) is 9.59 Å². The molecule has 0 fully saturated rings. The first-order chi connectivity index (χ1) is 8.06. The highest BCUT2D eigenvalue weighted by Crippen LogP contribution is 2.14. The Morgan fingerprint density at radius 1 is 1.00 bits per heavy atom. The number of hydrogen-bond donors (Lipinski definition) is 2. The van der Waals surface area contributed by atoms with Crippen molar-refractivity contribution < 1.29 is 14.7 Å². The van der Waals surface area contributed by atoms with Crippen molar-refractivity contribution in [2.24, 2.45) is 5.92 Å². The fourth-order valence-corrected chi connectivity index (χ4v) is 1.94. The minimum Gasteiger partial charge on any atom is -0.480 e. The Labute approximate surface area is 104 Å². The number of carboxylic acids is 1. The van der Waals surface area contributed by atoms with E-state index in [4.69, 9.17) is 5.11 Å². The summed E-state index contributed by atoms with van der Waals surface area (Å²) in [7, 11) is 0. The van der Waals surface area contributed by atoms with Gasteiger partial charge in [-0.05, 0) is 19.3 Å². The van der Waals surface area contributed by atoms with Gasteiger partial charge >= 0.3 is 5.97 Å². The van der Waals surface area contributed by atoms with Gasteiger partial charge in [0.05, 0.1) is 0 Å². The van der Waals surface area contributed by atoms with Gasteiger partial charge in [-0.25, -0.2) is 4.79 Å². The van der Waals surface area contributed by atoms with Gasteiger partial charge in [0.1, 0.15) is 6.04 Å². The lowest BCUT2D eigenvalue weighted by Gasteiger charge is -2.19. The molecule has 0 aromatic rings. The van der Waals surface area contributed by atoms with Crippen LogP contribution in [0.1, 0.15) is 59.3 Å². The molecule has 0 aromatic heterocycles. The molecule has 4 nitrogen and oxygen atoms in total. The lowest BCUT2D eigenvalue weighted by atomic mass is 9.96. The predicted molar refractivity (Wildman–Crippen MR) is 67.8 cm³/mol. The Hall–Kier alpha value is -1.06. The number of hydrogen-bond acceptors (Lipinski definition) is 2. The molecule has 1 amide bonds. The monoisotopic (exact) mass is 243 g/mol. The van der Waals surface area contributed by atoms with Gasteiger partial charge in [-0.1, -0.05) is 40.0 Å². The second kappa shape index (κ2) is 9.02. The smallest absolute Gasteiger partial charge is 0.326 e. The van der Waals surface area contributed by atoms with E-state index in [0.29, 0.717) is 6.42 Å². The van der Waals surface area contributed by atoms with Gasteiger partial charge in [0, 0.05) is 5.92 Å². The summed E-state index contributed by atoms with van der Waals surface area (Å²) in [5.41, 5.74) is 0. The Morgan fingerprint density at radius 3 is 1.82 bits per heavy atom. The van der Waals surface area contributed by atoms with Crippen molar-refractivity contribution in [3.05, 3.63) is 0 Å². The van der Waals surface area contributed by atoms with Crippen LogP contribution in [0.2, 0.25) is 0 Å². The number of aliphatic carboxylic acids is 1. The molecule has 1 atom stereocenters. The van der Waals surface area contributed by atoms with Crippen LogP contribution in [0, 0.1) is 5.92 Å². The summed E-state index contributed by atoms with van der Waals surface area (Å²) in [5.74, 6) is -1.08. The molecule has 2 N–H and O–H groups in total. The third kappa shape index (κ3) is 6.29. The van der Waals surface area contributed by atoms with Crippen LogP contribution < -0.4 is 5.32 Å². The fourth-order valence-electron chi connectivity index (χ4n) is 1.94. The van der Waals surface area contributed by atoms with E-state index in [1.54, 1.807) is 0 Å². The molecule has 4 heteroatoms. The Kier molecular flexibility index (Phi) is 8.46. The first-order valence-electron chi connectivity index (χ1n) is 6.59. The summed E-state index contributed by atoms with van der Waals surface area (Å²) < 4.78 is 0. The minimum absolute atomic E-state index is 0.0382. The van der Waals surface area contributed by atoms with E-state index in [1.807, 2.05) is 20.8 Å². The van der Waals surface area contributed by atoms with Gasteiger partial charge in [-0.3, -0.25) is 4.79 Å². The number of rotatable bonds is 9. The summed E-state index contributed by atoms with van der Waals surface area (Å²) in [4.78, 5) is 22.9. The third-order valence-corrected chi connectivity index (χ3v) is 2.84. The normalized spacial score (nSPS) is 12.5. The van der Waals surface area contributed by atoms with Crippen molar-refractivity contribution in [1.82, 2.24) is 5.32 Å². The van der Waals surface area contributed by atoms with Crippen molar-refractivity contribution >= 4 is 11.9 Å². The second-order valence-corrected chi connectivity index (χ2v) is 4.46. The van der Waals surface area contributed by atoms with E-state index in [2.05, 4.69) is 5.32 Å². The number of nitrogens with one attached hydrogen (secondary N) is 1. The van der Waals surface area contributed by atoms with Crippen LogP contribution in [0.15, 0.2) is 0 Å². The van der Waals surface area contributed by atoms with Gasteiger partial charge in [-0.15, -0.1) is 0 Å². The lowest BCUT2D eigenvalue weighted by Crippen LogP contribution is -2.43. The van der Waals surface area contributed by atoms with Crippen LogP contribution in [0.4, 0.5) is 0 Å². The molecule has 0 aliphatic carbocycles. The van der Waals surface area contributed by atoms with Crippen molar-refractivity contribution in [2.45, 2.75) is 65.3 Å². The van der Waals surface area contributed by atoms with Crippen LogP contribution >= 0.6 is 0 Å². The lowest BCUT2D eigenvalue weighted by molar-refractivity contribution is -0.142. The molecule has 0 saturated carbocycles. The standard InChI is InChI=1S/C13H25NO3/c1-4-7-10(8-5-2)12(15)14-11(9-6-3)13(16)17/h10-11H,4-9H2,1-3H3,(H,14,15)(H,16,17)/t11-/m1/s1. The Morgan fingerprint density at radius 2 is 1.47 bits per heavy atom. The molecule has 0 bridgehead atoms. The predicted octanol–water partition coefficient (Wildman–Crippen LogP) is 2.57.